The highest BCUT2D eigenvalue weighted by molar-refractivity contribution is 6.36. The van der Waals surface area contributed by atoms with Crippen LogP contribution in [-0.2, 0) is 37.8 Å². The molecule has 0 saturated heterocycles. The molecule has 1 aliphatic carbocycles. The highest BCUT2D eigenvalue weighted by atomic mass is 35.5. The first kappa shape index (κ1) is 37.5. The van der Waals surface area contributed by atoms with Crippen LogP contribution in [0.1, 0.15) is 58.1 Å². The highest BCUT2D eigenvalue weighted by Crippen LogP contribution is 2.45. The summed E-state index contributed by atoms with van der Waals surface area (Å²) in [5.41, 5.74) is 5.68. The number of carboxylic acids is 1. The Morgan fingerprint density at radius 1 is 1.08 bits per heavy atom. The van der Waals surface area contributed by atoms with Crippen LogP contribution < -0.4 is 20.1 Å². The number of halogens is 3. The highest BCUT2D eigenvalue weighted by Gasteiger charge is 2.31. The summed E-state index contributed by atoms with van der Waals surface area (Å²) >= 11 is 13.4. The third kappa shape index (κ3) is 7.21. The number of anilines is 1. The lowest BCUT2D eigenvalue weighted by molar-refractivity contribution is -0.140. The van der Waals surface area contributed by atoms with Crippen molar-refractivity contribution < 1.29 is 38.8 Å². The monoisotopic (exact) mass is 755 g/mol. The summed E-state index contributed by atoms with van der Waals surface area (Å²) in [4.78, 5) is 31.7. The third-order valence-corrected chi connectivity index (χ3v) is 10.6. The lowest BCUT2D eigenvalue weighted by Gasteiger charge is -2.30. The molecule has 6 rings (SSSR count). The number of amides is 1. The lowest BCUT2D eigenvalue weighted by Crippen LogP contribution is -2.39. The van der Waals surface area contributed by atoms with Gasteiger partial charge in [0.1, 0.15) is 28.7 Å². The summed E-state index contributed by atoms with van der Waals surface area (Å²) in [7, 11) is 3.18. The predicted octanol–water partition coefficient (Wildman–Crippen LogP) is 5.13. The van der Waals surface area contributed by atoms with Crippen molar-refractivity contribution in [3.8, 4) is 22.6 Å². The average Bonchev–Trinajstić information content (AvgIpc) is 3.71. The van der Waals surface area contributed by atoms with E-state index < -0.39 is 30.5 Å². The zero-order valence-corrected chi connectivity index (χ0v) is 30.4. The van der Waals surface area contributed by atoms with Crippen LogP contribution in [0.2, 0.25) is 10.0 Å². The summed E-state index contributed by atoms with van der Waals surface area (Å²) < 4.78 is 29.0. The van der Waals surface area contributed by atoms with Gasteiger partial charge in [-0.2, -0.15) is 0 Å². The predicted molar refractivity (Wildman–Crippen MR) is 194 cm³/mol. The molecule has 2 heterocycles. The van der Waals surface area contributed by atoms with Crippen LogP contribution in [0.4, 0.5) is 10.1 Å². The molecule has 3 aromatic carbocycles. The number of ether oxygens (including phenoxy) is 2. The Bertz CT molecular complexity index is 2010. The minimum absolute atomic E-state index is 0.00268. The van der Waals surface area contributed by atoms with Gasteiger partial charge in [-0.3, -0.25) is 19.8 Å². The molecule has 0 radical (unpaired) electrons. The third-order valence-electron chi connectivity index (χ3n) is 9.86. The molecule has 4 aromatic rings. The Labute approximate surface area is 310 Å². The molecule has 0 saturated carbocycles. The summed E-state index contributed by atoms with van der Waals surface area (Å²) in [6.45, 7) is 2.39. The molecule has 0 fully saturated rings. The zero-order valence-electron chi connectivity index (χ0n) is 28.9. The molecule has 5 N–H and O–H groups in total. The first-order valence-corrected chi connectivity index (χ1v) is 17.6. The fourth-order valence-electron chi connectivity index (χ4n) is 6.91. The maximum Gasteiger partial charge on any atom is 0.323 e. The van der Waals surface area contributed by atoms with E-state index in [-0.39, 0.29) is 53.0 Å². The number of aliphatic carboxylic acids is 1. The van der Waals surface area contributed by atoms with Gasteiger partial charge < -0.3 is 34.7 Å². The Morgan fingerprint density at radius 2 is 1.83 bits per heavy atom. The van der Waals surface area contributed by atoms with Crippen LogP contribution in [0.15, 0.2) is 42.5 Å². The molecular formula is C37H40Cl2FN5O7. The van der Waals surface area contributed by atoms with Crippen LogP contribution in [0.25, 0.3) is 11.1 Å². The number of aliphatic hydroxyl groups excluding tert-OH is 2. The number of carbonyl (C=O) groups is 2. The van der Waals surface area contributed by atoms with Crippen molar-refractivity contribution >= 4 is 40.8 Å². The van der Waals surface area contributed by atoms with E-state index in [1.807, 2.05) is 48.9 Å². The molecule has 2 unspecified atom stereocenters. The summed E-state index contributed by atoms with van der Waals surface area (Å²) in [5, 5.41) is 33.8. The topological polar surface area (TPSA) is 158 Å². The van der Waals surface area contributed by atoms with E-state index >= 15 is 4.39 Å². The number of nitrogens with one attached hydrogen (secondary N) is 2. The molecule has 3 atom stereocenters. The van der Waals surface area contributed by atoms with Gasteiger partial charge in [-0.1, -0.05) is 53.5 Å². The van der Waals surface area contributed by atoms with E-state index in [4.69, 9.17) is 32.7 Å². The Morgan fingerprint density at radius 3 is 2.54 bits per heavy atom. The number of hydrogen-bond acceptors (Lipinski definition) is 9. The summed E-state index contributed by atoms with van der Waals surface area (Å²) in [5.74, 6) is -2.05. The number of benzene rings is 3. The van der Waals surface area contributed by atoms with Gasteiger partial charge in [0, 0.05) is 62.0 Å². The first-order chi connectivity index (χ1) is 25.0. The number of hydrogen-bond donors (Lipinski definition) is 5. The van der Waals surface area contributed by atoms with E-state index in [1.54, 1.807) is 6.07 Å². The first-order valence-electron chi connectivity index (χ1n) is 16.9. The maximum atomic E-state index is 15.5. The number of rotatable bonds is 13. The largest absolute Gasteiger partial charge is 0.496 e. The molecule has 0 bridgehead atoms. The number of fused-ring (bicyclic) bond motifs is 2. The van der Waals surface area contributed by atoms with Crippen LogP contribution in [0.5, 0.6) is 11.5 Å². The molecule has 52 heavy (non-hydrogen) atoms. The van der Waals surface area contributed by atoms with Gasteiger partial charge >= 0.3 is 5.97 Å². The lowest BCUT2D eigenvalue weighted by atomic mass is 9.96. The van der Waals surface area contributed by atoms with Crippen molar-refractivity contribution in [1.82, 2.24) is 19.8 Å². The van der Waals surface area contributed by atoms with E-state index in [9.17, 15) is 24.9 Å². The normalized spacial score (nSPS) is 16.6. The minimum Gasteiger partial charge on any atom is -0.496 e. The number of carboxylic acid groups (broad SMARTS) is 1. The van der Waals surface area contributed by atoms with Crippen molar-refractivity contribution in [2.24, 2.45) is 7.05 Å². The molecule has 1 aliphatic heterocycles. The number of aliphatic hydroxyl groups is 2. The van der Waals surface area contributed by atoms with E-state index in [1.165, 1.54) is 13.2 Å². The average molecular weight is 757 g/mol. The van der Waals surface area contributed by atoms with Crippen molar-refractivity contribution in [2.75, 3.05) is 32.2 Å². The number of carbonyl (C=O) groups excluding carboxylic acids is 1. The van der Waals surface area contributed by atoms with Gasteiger partial charge in [-0.05, 0) is 42.5 Å². The minimum atomic E-state index is -1.30. The zero-order chi connectivity index (χ0) is 37.3. The molecule has 1 amide bonds. The van der Waals surface area contributed by atoms with Gasteiger partial charge in [0.25, 0.3) is 5.91 Å². The van der Waals surface area contributed by atoms with Gasteiger partial charge in [-0.15, -0.1) is 0 Å². The van der Waals surface area contributed by atoms with Gasteiger partial charge in [0.15, 0.2) is 11.6 Å². The number of imidazole rings is 1. The maximum absolute atomic E-state index is 15.5. The molecule has 2 aliphatic rings. The van der Waals surface area contributed by atoms with Crippen LogP contribution in [0.3, 0.4) is 0 Å². The Hall–Kier alpha value is -4.24. The number of methoxy groups -OCH3 is 1. The van der Waals surface area contributed by atoms with Crippen LogP contribution in [-0.4, -0.2) is 80.6 Å². The molecular weight excluding hydrogens is 716 g/mol. The van der Waals surface area contributed by atoms with E-state index in [0.29, 0.717) is 36.5 Å². The second kappa shape index (κ2) is 15.8. The number of aromatic nitrogens is 2. The van der Waals surface area contributed by atoms with Crippen molar-refractivity contribution in [2.45, 2.75) is 57.5 Å². The van der Waals surface area contributed by atoms with E-state index in [0.717, 1.165) is 40.2 Å². The molecule has 1 aromatic heterocycles. The fourth-order valence-corrected chi connectivity index (χ4v) is 7.40. The summed E-state index contributed by atoms with van der Waals surface area (Å²) in [6.07, 6.45) is 1.44. The van der Waals surface area contributed by atoms with Gasteiger partial charge in [0.2, 0.25) is 0 Å². The van der Waals surface area contributed by atoms with Crippen LogP contribution >= 0.6 is 23.2 Å². The fraction of sp³-hybridized carbons (Fsp3) is 0.378. The quantitative estimate of drug-likeness (QED) is 0.124. The molecule has 15 heteroatoms. The number of nitrogens with zero attached hydrogens (tertiary/aromatic N) is 3. The van der Waals surface area contributed by atoms with Crippen molar-refractivity contribution in [1.29, 1.82) is 0 Å². The second-order valence-corrected chi connectivity index (χ2v) is 13.7. The van der Waals surface area contributed by atoms with Crippen LogP contribution in [0, 0.1) is 5.82 Å². The Kier molecular flexibility index (Phi) is 11.4. The SMILES string of the molecule is COc1cc(OC2CCc3c(-c4cccc(NC(=O)c5nc6c(n5C)CCN(C(C)CO)C6)c4Cl)cccc32)c(Cl)c(F)c1CN[C@H](CO)C(=O)O. The van der Waals surface area contributed by atoms with Gasteiger partial charge in [0.05, 0.1) is 36.7 Å². The second-order valence-electron chi connectivity index (χ2n) is 12.9. The molecule has 0 spiro atoms. The molecule has 276 valence electrons. The Balaban J connectivity index is 1.22. The summed E-state index contributed by atoms with van der Waals surface area (Å²) in [6, 6.07) is 11.4. The van der Waals surface area contributed by atoms with Crippen molar-refractivity contribution in [3.63, 3.8) is 0 Å². The molecule has 12 nitrogen and oxygen atoms in total. The van der Waals surface area contributed by atoms with Gasteiger partial charge in [-0.25, -0.2) is 9.37 Å². The smallest absolute Gasteiger partial charge is 0.323 e. The standard InChI is InChI=1S/C37H40Cl2FN5O7/c1-19(17-46)45-13-12-28-26(16-45)42-35(44(28)2)36(48)43-25-9-5-8-23(32(25)38)20-6-4-7-22-21(20)10-11-29(22)52-31-14-30(51-3)24(34(40)33(31)39)15-41-27(18-47)37(49)50/h4-9,14,19,27,29,41,46-47H,10-13,15-18H2,1-3H3,(H,43,48)(H,49,50)/t19?,27-,29?/m1/s1. The van der Waals surface area contributed by atoms with E-state index in [2.05, 4.69) is 20.5 Å². The van der Waals surface area contributed by atoms with Crippen molar-refractivity contribution in [3.05, 3.63) is 92.2 Å².